The van der Waals surface area contributed by atoms with Gasteiger partial charge in [-0.1, -0.05) is 24.3 Å². The van der Waals surface area contributed by atoms with E-state index in [-0.39, 0.29) is 60.9 Å². The Hall–Kier alpha value is -5.06. The summed E-state index contributed by atoms with van der Waals surface area (Å²) in [5.41, 5.74) is -0.0758. The molecule has 0 aliphatic carbocycles. The molecule has 1 aliphatic rings. The lowest BCUT2D eigenvalue weighted by Gasteiger charge is -2.29. The quantitative estimate of drug-likeness (QED) is 0.0947. The fourth-order valence-corrected chi connectivity index (χ4v) is 11.7. The summed E-state index contributed by atoms with van der Waals surface area (Å²) in [5, 5.41) is -1.52. The predicted molar refractivity (Wildman–Crippen MR) is 194 cm³/mol. The van der Waals surface area contributed by atoms with Gasteiger partial charge in [0, 0.05) is 17.5 Å². The van der Waals surface area contributed by atoms with E-state index in [1.54, 1.807) is 13.8 Å². The topological polar surface area (TPSA) is 18.5 Å². The van der Waals surface area contributed by atoms with E-state index in [4.69, 9.17) is 9.47 Å². The molecule has 0 N–H and O–H groups in total. The van der Waals surface area contributed by atoms with Crippen molar-refractivity contribution in [1.29, 1.82) is 0 Å². The maximum atomic E-state index is 15.0. The third-order valence-corrected chi connectivity index (χ3v) is 13.8. The molecule has 2 atom stereocenters. The Bertz CT molecular complexity index is 2190. The van der Waals surface area contributed by atoms with Crippen LogP contribution in [0.1, 0.15) is 20.3 Å². The smallest absolute Gasteiger partial charge is 0.194 e. The third kappa shape index (κ3) is 7.57. The van der Waals surface area contributed by atoms with E-state index in [0.717, 1.165) is 0 Å². The summed E-state index contributed by atoms with van der Waals surface area (Å²) in [6, 6.07) is 13.2. The SMILES string of the molecule is C[C@H]1C[C@H](C)Oc2cccc(P(c3cc(F)c(F)c(F)c3)c3cc(F)c(F)c(F)c3)c2-c2c(cccc2P(c2cc(F)c(F)c(F)c2)c2cc(F)c(F)c(F)c2)O1. The highest BCUT2D eigenvalue weighted by Crippen LogP contribution is 2.48. The molecule has 294 valence electrons. The van der Waals surface area contributed by atoms with Crippen LogP contribution in [0.25, 0.3) is 11.1 Å². The molecule has 6 aromatic carbocycles. The van der Waals surface area contributed by atoms with Gasteiger partial charge in [-0.2, -0.15) is 0 Å². The van der Waals surface area contributed by atoms with Crippen molar-refractivity contribution in [1.82, 2.24) is 0 Å². The van der Waals surface area contributed by atoms with E-state index in [1.807, 2.05) is 0 Å². The van der Waals surface area contributed by atoms with Crippen molar-refractivity contribution >= 4 is 47.7 Å². The number of halogens is 12. The molecule has 1 heterocycles. The normalized spacial score (nSPS) is 15.4. The van der Waals surface area contributed by atoms with Crippen molar-refractivity contribution in [2.24, 2.45) is 0 Å². The summed E-state index contributed by atoms with van der Waals surface area (Å²) in [5.74, 6) is -20.9. The fraction of sp³-hybridized carbons (Fsp3) is 0.122. The zero-order valence-corrected chi connectivity index (χ0v) is 31.0. The van der Waals surface area contributed by atoms with Crippen LogP contribution in [-0.4, -0.2) is 12.2 Å². The average Bonchev–Trinajstić information content (AvgIpc) is 3.19. The predicted octanol–water partition coefficient (Wildman–Crippen LogP) is 9.48. The second kappa shape index (κ2) is 15.7. The molecule has 0 fully saturated rings. The first-order valence-corrected chi connectivity index (χ1v) is 19.5. The van der Waals surface area contributed by atoms with Gasteiger partial charge >= 0.3 is 0 Å². The van der Waals surface area contributed by atoms with Crippen molar-refractivity contribution < 1.29 is 62.2 Å². The maximum Gasteiger partial charge on any atom is 0.194 e. The van der Waals surface area contributed by atoms with Gasteiger partial charge in [-0.05, 0) is 122 Å². The minimum Gasteiger partial charge on any atom is -0.490 e. The van der Waals surface area contributed by atoms with Crippen LogP contribution in [0.15, 0.2) is 84.9 Å². The molecule has 2 nitrogen and oxygen atoms in total. The molecule has 6 aromatic rings. The van der Waals surface area contributed by atoms with Crippen LogP contribution in [0.4, 0.5) is 52.7 Å². The van der Waals surface area contributed by atoms with Gasteiger partial charge in [-0.15, -0.1) is 0 Å². The Balaban J connectivity index is 1.64. The first-order valence-electron chi connectivity index (χ1n) is 16.8. The molecule has 1 aliphatic heterocycles. The van der Waals surface area contributed by atoms with E-state index in [9.17, 15) is 17.6 Å². The minimum atomic E-state index is -2.66. The van der Waals surface area contributed by atoms with Crippen molar-refractivity contribution in [3.8, 4) is 22.6 Å². The molecule has 7 rings (SSSR count). The second-order valence-corrected chi connectivity index (χ2v) is 17.3. The molecule has 0 saturated carbocycles. The Morgan fingerprint density at radius 3 is 0.895 bits per heavy atom. The van der Waals surface area contributed by atoms with E-state index in [1.165, 1.54) is 36.4 Å². The van der Waals surface area contributed by atoms with Gasteiger partial charge in [0.2, 0.25) is 0 Å². The second-order valence-electron chi connectivity index (χ2n) is 13.0. The molecule has 0 aromatic heterocycles. The number of benzene rings is 6. The molecule has 57 heavy (non-hydrogen) atoms. The summed E-state index contributed by atoms with van der Waals surface area (Å²) in [4.78, 5) is 0. The number of rotatable bonds is 6. The lowest BCUT2D eigenvalue weighted by Crippen LogP contribution is -2.28. The zero-order chi connectivity index (χ0) is 41.0. The van der Waals surface area contributed by atoms with E-state index in [2.05, 4.69) is 0 Å². The molecule has 0 saturated heterocycles. The summed E-state index contributed by atoms with van der Waals surface area (Å²) in [6.07, 6.45) is -1.08. The number of hydrogen-bond donors (Lipinski definition) is 0. The molecular formula is C41H24F12O2P2. The average molecular weight is 839 g/mol. The van der Waals surface area contributed by atoms with E-state index >= 15 is 35.1 Å². The summed E-state index contributed by atoms with van der Waals surface area (Å²) in [6.45, 7) is 3.35. The number of ether oxygens (including phenoxy) is 2. The summed E-state index contributed by atoms with van der Waals surface area (Å²) >= 11 is 0. The van der Waals surface area contributed by atoms with Crippen molar-refractivity contribution in [2.45, 2.75) is 32.5 Å². The highest BCUT2D eigenvalue weighted by atomic mass is 31.1. The Kier molecular flexibility index (Phi) is 11.1. The van der Waals surface area contributed by atoms with Crippen molar-refractivity contribution in [3.63, 3.8) is 0 Å². The number of fused-ring (bicyclic) bond motifs is 3. The summed E-state index contributed by atoms with van der Waals surface area (Å²) in [7, 11) is -5.32. The Morgan fingerprint density at radius 1 is 0.404 bits per heavy atom. The first kappa shape index (κ1) is 40.1. The van der Waals surface area contributed by atoms with Crippen LogP contribution >= 0.6 is 15.8 Å². The lowest BCUT2D eigenvalue weighted by molar-refractivity contribution is 0.134. The van der Waals surface area contributed by atoms with Crippen LogP contribution in [0.2, 0.25) is 0 Å². The molecular weight excluding hydrogens is 814 g/mol. The lowest BCUT2D eigenvalue weighted by atomic mass is 10.0. The fourth-order valence-electron chi connectivity index (χ4n) is 6.65. The number of hydrogen-bond acceptors (Lipinski definition) is 2. The third-order valence-electron chi connectivity index (χ3n) is 8.97. The van der Waals surface area contributed by atoms with Gasteiger partial charge in [0.05, 0.1) is 12.2 Å². The van der Waals surface area contributed by atoms with Crippen LogP contribution in [-0.2, 0) is 0 Å². The van der Waals surface area contributed by atoms with Crippen molar-refractivity contribution in [3.05, 3.63) is 155 Å². The van der Waals surface area contributed by atoms with E-state index in [0.29, 0.717) is 48.5 Å². The standard InChI is InChI=1S/C41H24F12O2P2/c1-18-9-19(2)55-33-6-4-8-35(57(22-14-28(46)40(52)29(47)15-22)23-16-30(48)41(53)31(49)17-23)37(33)36-32(54-18)5-3-7-34(36)56(20-10-24(42)38(50)25(43)11-20)21-12-26(44)39(51)27(45)13-21/h3-8,10-19H,9H2,1-2H3/t18-,19-/m0/s1. The largest absolute Gasteiger partial charge is 0.490 e. The van der Waals surface area contributed by atoms with Gasteiger partial charge in [-0.3, -0.25) is 0 Å². The van der Waals surface area contributed by atoms with Crippen LogP contribution in [0, 0.1) is 69.8 Å². The molecule has 0 bridgehead atoms. The first-order chi connectivity index (χ1) is 27.0. The van der Waals surface area contributed by atoms with Crippen LogP contribution < -0.4 is 41.3 Å². The highest BCUT2D eigenvalue weighted by molar-refractivity contribution is 7.80. The maximum absolute atomic E-state index is 15.0. The Morgan fingerprint density at radius 2 is 0.649 bits per heavy atom. The van der Waals surface area contributed by atoms with Crippen LogP contribution in [0.3, 0.4) is 0 Å². The minimum absolute atomic E-state index is 0.00658. The summed E-state index contributed by atoms with van der Waals surface area (Å²) < 4.78 is 190. The zero-order valence-electron chi connectivity index (χ0n) is 29.2. The molecule has 0 unspecified atom stereocenters. The molecule has 0 radical (unpaired) electrons. The van der Waals surface area contributed by atoms with Gasteiger partial charge in [0.15, 0.2) is 69.8 Å². The van der Waals surface area contributed by atoms with Crippen molar-refractivity contribution in [2.75, 3.05) is 0 Å². The van der Waals surface area contributed by atoms with Crippen LogP contribution in [0.5, 0.6) is 11.5 Å². The Labute approximate surface area is 319 Å². The molecule has 16 heteroatoms. The highest BCUT2D eigenvalue weighted by Gasteiger charge is 2.34. The monoisotopic (exact) mass is 838 g/mol. The molecule has 0 amide bonds. The van der Waals surface area contributed by atoms with Gasteiger partial charge in [0.1, 0.15) is 11.5 Å². The van der Waals surface area contributed by atoms with Gasteiger partial charge in [-0.25, -0.2) is 52.7 Å². The van der Waals surface area contributed by atoms with Gasteiger partial charge < -0.3 is 9.47 Å². The molecule has 0 spiro atoms. The van der Waals surface area contributed by atoms with Gasteiger partial charge in [0.25, 0.3) is 0 Å². The van der Waals surface area contributed by atoms with E-state index < -0.39 is 97.9 Å².